The van der Waals surface area contributed by atoms with Crippen LogP contribution in [-0.4, -0.2) is 52.0 Å². The van der Waals surface area contributed by atoms with Crippen molar-refractivity contribution < 1.29 is 13.2 Å². The van der Waals surface area contributed by atoms with Gasteiger partial charge in [0.15, 0.2) is 0 Å². The van der Waals surface area contributed by atoms with Gasteiger partial charge >= 0.3 is 0 Å². The molecule has 1 atom stereocenters. The van der Waals surface area contributed by atoms with E-state index in [1.807, 2.05) is 18.2 Å². The molecule has 1 aromatic rings. The maximum Gasteiger partial charge on any atom is 0.236 e. The molecular formula is C16H28ClN3O3S. The zero-order valence-corrected chi connectivity index (χ0v) is 15.9. The Labute approximate surface area is 151 Å². The highest BCUT2D eigenvalue weighted by atomic mass is 35.5. The number of anilines is 1. The van der Waals surface area contributed by atoms with Crippen molar-refractivity contribution in [3.63, 3.8) is 0 Å². The molecule has 0 radical (unpaired) electrons. The normalized spacial score (nSPS) is 12.1. The van der Waals surface area contributed by atoms with E-state index in [0.717, 1.165) is 31.5 Å². The van der Waals surface area contributed by atoms with E-state index in [-0.39, 0.29) is 30.5 Å². The molecule has 8 heteroatoms. The summed E-state index contributed by atoms with van der Waals surface area (Å²) in [5, 5.41) is 2.76. The van der Waals surface area contributed by atoms with Crippen LogP contribution >= 0.6 is 12.4 Å². The summed E-state index contributed by atoms with van der Waals surface area (Å²) < 4.78 is 22.1. The van der Waals surface area contributed by atoms with Crippen molar-refractivity contribution in [3.05, 3.63) is 30.3 Å². The Bertz CT molecular complexity index is 581. The predicted molar refractivity (Wildman–Crippen MR) is 102 cm³/mol. The van der Waals surface area contributed by atoms with Gasteiger partial charge in [-0.15, -0.1) is 12.4 Å². The number of nitrogens with one attached hydrogen (secondary N) is 1. The number of benzene rings is 1. The first-order valence-electron chi connectivity index (χ1n) is 7.84. The van der Waals surface area contributed by atoms with Gasteiger partial charge in [0.2, 0.25) is 5.91 Å². The van der Waals surface area contributed by atoms with Crippen molar-refractivity contribution >= 4 is 33.8 Å². The molecule has 0 saturated carbocycles. The van der Waals surface area contributed by atoms with E-state index >= 15 is 0 Å². The molecule has 0 saturated heterocycles. The Balaban J connectivity index is 0.00000529. The van der Waals surface area contributed by atoms with Gasteiger partial charge in [-0.25, -0.2) is 8.42 Å². The summed E-state index contributed by atoms with van der Waals surface area (Å²) in [7, 11) is -3.09. The molecule has 1 aromatic carbocycles. The number of nitrogens with zero attached hydrogens (tertiary/aromatic N) is 1. The topological polar surface area (TPSA) is 92.5 Å². The first-order valence-corrected chi connectivity index (χ1v) is 9.90. The Morgan fingerprint density at radius 2 is 1.92 bits per heavy atom. The number of halogens is 1. The number of amides is 1. The fourth-order valence-electron chi connectivity index (χ4n) is 2.19. The minimum Gasteiger partial charge on any atom is -0.372 e. The molecular weight excluding hydrogens is 350 g/mol. The van der Waals surface area contributed by atoms with Crippen molar-refractivity contribution in [1.29, 1.82) is 0 Å². The molecule has 1 amide bonds. The van der Waals surface area contributed by atoms with Gasteiger partial charge in [-0.2, -0.15) is 0 Å². The van der Waals surface area contributed by atoms with Crippen molar-refractivity contribution in [2.24, 2.45) is 5.73 Å². The van der Waals surface area contributed by atoms with Gasteiger partial charge in [0.1, 0.15) is 9.84 Å². The number of hydrogen-bond acceptors (Lipinski definition) is 5. The summed E-state index contributed by atoms with van der Waals surface area (Å²) in [6.45, 7) is 4.34. The van der Waals surface area contributed by atoms with E-state index in [2.05, 4.69) is 29.3 Å². The molecule has 1 rings (SSSR count). The van der Waals surface area contributed by atoms with Crippen LogP contribution in [0, 0.1) is 0 Å². The predicted octanol–water partition coefficient (Wildman–Crippen LogP) is 1.20. The lowest BCUT2D eigenvalue weighted by Crippen LogP contribution is -2.42. The molecule has 0 spiro atoms. The largest absolute Gasteiger partial charge is 0.372 e. The van der Waals surface area contributed by atoms with Crippen LogP contribution in [0.1, 0.15) is 19.8 Å². The summed E-state index contributed by atoms with van der Waals surface area (Å²) in [6.07, 6.45) is 2.09. The number of rotatable bonds is 10. The van der Waals surface area contributed by atoms with Gasteiger partial charge in [0.05, 0.1) is 11.8 Å². The highest BCUT2D eigenvalue weighted by Crippen LogP contribution is 2.12. The van der Waals surface area contributed by atoms with Gasteiger partial charge in [0, 0.05) is 31.6 Å². The third-order valence-electron chi connectivity index (χ3n) is 3.54. The molecule has 1 unspecified atom stereocenters. The summed E-state index contributed by atoms with van der Waals surface area (Å²) >= 11 is 0. The van der Waals surface area contributed by atoms with Crippen LogP contribution in [0.3, 0.4) is 0 Å². The van der Waals surface area contributed by atoms with Crippen LogP contribution in [0.15, 0.2) is 30.3 Å². The Morgan fingerprint density at radius 1 is 1.29 bits per heavy atom. The van der Waals surface area contributed by atoms with Crippen LogP contribution in [0.5, 0.6) is 0 Å². The second kappa shape index (κ2) is 11.3. The van der Waals surface area contributed by atoms with Crippen molar-refractivity contribution in [3.8, 4) is 0 Å². The molecule has 0 aliphatic carbocycles. The van der Waals surface area contributed by atoms with Crippen LogP contribution in [0.25, 0.3) is 0 Å². The lowest BCUT2D eigenvalue weighted by atomic mass is 10.2. The second-order valence-corrected chi connectivity index (χ2v) is 7.84. The third-order valence-corrected chi connectivity index (χ3v) is 4.52. The van der Waals surface area contributed by atoms with E-state index < -0.39 is 15.9 Å². The number of carbonyl (C=O) groups excluding carboxylic acids is 1. The average molecular weight is 378 g/mol. The van der Waals surface area contributed by atoms with E-state index in [0.29, 0.717) is 6.54 Å². The SMILES string of the molecule is CCN(CCCNC(=O)C(N)CCS(C)(=O)=O)c1ccccc1.Cl. The van der Waals surface area contributed by atoms with Crippen molar-refractivity contribution in [2.75, 3.05) is 36.5 Å². The molecule has 0 fully saturated rings. The van der Waals surface area contributed by atoms with Gasteiger partial charge in [0.25, 0.3) is 0 Å². The molecule has 24 heavy (non-hydrogen) atoms. The van der Waals surface area contributed by atoms with Crippen molar-refractivity contribution in [2.45, 2.75) is 25.8 Å². The molecule has 6 nitrogen and oxygen atoms in total. The van der Waals surface area contributed by atoms with Crippen LogP contribution in [0.2, 0.25) is 0 Å². The molecule has 0 aliphatic rings. The molecule has 0 heterocycles. The summed E-state index contributed by atoms with van der Waals surface area (Å²) in [5.41, 5.74) is 6.86. The lowest BCUT2D eigenvalue weighted by Gasteiger charge is -2.23. The van der Waals surface area contributed by atoms with E-state index in [9.17, 15) is 13.2 Å². The van der Waals surface area contributed by atoms with Crippen LogP contribution in [-0.2, 0) is 14.6 Å². The summed E-state index contributed by atoms with van der Waals surface area (Å²) in [4.78, 5) is 14.0. The maximum atomic E-state index is 11.8. The van der Waals surface area contributed by atoms with Gasteiger partial charge in [-0.1, -0.05) is 18.2 Å². The summed E-state index contributed by atoms with van der Waals surface area (Å²) in [6, 6.07) is 9.32. The molecule has 138 valence electrons. The first-order chi connectivity index (χ1) is 10.8. The van der Waals surface area contributed by atoms with E-state index in [1.165, 1.54) is 0 Å². The highest BCUT2D eigenvalue weighted by molar-refractivity contribution is 7.90. The maximum absolute atomic E-state index is 11.8. The number of nitrogens with two attached hydrogens (primary N) is 1. The lowest BCUT2D eigenvalue weighted by molar-refractivity contribution is -0.122. The quantitative estimate of drug-likeness (QED) is 0.598. The zero-order valence-electron chi connectivity index (χ0n) is 14.3. The summed E-state index contributed by atoms with van der Waals surface area (Å²) in [5.74, 6) is -0.365. The fraction of sp³-hybridized carbons (Fsp3) is 0.562. The molecule has 0 aliphatic heterocycles. The zero-order chi connectivity index (χ0) is 17.3. The first kappa shape index (κ1) is 22.7. The van der Waals surface area contributed by atoms with E-state index in [4.69, 9.17) is 5.73 Å². The minimum atomic E-state index is -3.09. The van der Waals surface area contributed by atoms with Gasteiger partial charge in [-0.3, -0.25) is 4.79 Å². The van der Waals surface area contributed by atoms with Gasteiger partial charge in [-0.05, 0) is 31.9 Å². The third kappa shape index (κ3) is 9.10. The number of hydrogen-bond donors (Lipinski definition) is 2. The highest BCUT2D eigenvalue weighted by Gasteiger charge is 2.15. The molecule has 3 N–H and O–H groups in total. The van der Waals surface area contributed by atoms with Crippen molar-refractivity contribution in [1.82, 2.24) is 5.32 Å². The molecule has 0 aromatic heterocycles. The number of para-hydroxylation sites is 1. The van der Waals surface area contributed by atoms with Crippen LogP contribution in [0.4, 0.5) is 5.69 Å². The van der Waals surface area contributed by atoms with E-state index in [1.54, 1.807) is 0 Å². The second-order valence-electron chi connectivity index (χ2n) is 5.58. The molecule has 0 bridgehead atoms. The minimum absolute atomic E-state index is 0. The number of carbonyl (C=O) groups is 1. The Morgan fingerprint density at radius 3 is 2.46 bits per heavy atom. The Kier molecular flexibility index (Phi) is 10.7. The van der Waals surface area contributed by atoms with Crippen LogP contribution < -0.4 is 16.0 Å². The smallest absolute Gasteiger partial charge is 0.236 e. The van der Waals surface area contributed by atoms with Gasteiger partial charge < -0.3 is 16.0 Å². The standard InChI is InChI=1S/C16H27N3O3S.ClH/c1-3-19(14-8-5-4-6-9-14)12-7-11-18-16(20)15(17)10-13-23(2,21)22;/h4-6,8-9,15H,3,7,10-13,17H2,1-2H3,(H,18,20);1H. The number of sulfone groups is 1. The monoisotopic (exact) mass is 377 g/mol. The Hall–Kier alpha value is -1.31. The fourth-order valence-corrected chi connectivity index (χ4v) is 2.88. The average Bonchev–Trinajstić information content (AvgIpc) is 2.52.